The van der Waals surface area contributed by atoms with Crippen molar-refractivity contribution in [3.8, 4) is 0 Å². The standard InChI is InChI=1S/C27H33N3O3S/c1-3-4-14-29-15-7-16-30(18-17-29)27(31)24-11-10-21(2)26(20-24)28-34(32,33)25-13-12-22-8-5-6-9-23(22)19-25/h5-6,8-13,19-20,28H,3-4,7,14-18H2,1-2H3. The van der Waals surface area contributed by atoms with Gasteiger partial charge in [0.25, 0.3) is 15.9 Å². The lowest BCUT2D eigenvalue weighted by Gasteiger charge is -2.22. The summed E-state index contributed by atoms with van der Waals surface area (Å²) in [6, 6.07) is 18.0. The predicted octanol–water partition coefficient (Wildman–Crippen LogP) is 4.90. The molecule has 0 radical (unpaired) electrons. The number of aryl methyl sites for hydroxylation is 1. The first kappa shape index (κ1) is 24.2. The molecule has 1 saturated heterocycles. The molecule has 0 aromatic heterocycles. The Morgan fingerprint density at radius 1 is 0.941 bits per heavy atom. The molecule has 7 heteroatoms. The molecular weight excluding hydrogens is 446 g/mol. The number of sulfonamides is 1. The maximum absolute atomic E-state index is 13.2. The van der Waals surface area contributed by atoms with E-state index in [4.69, 9.17) is 0 Å². The van der Waals surface area contributed by atoms with Crippen LogP contribution in [0.2, 0.25) is 0 Å². The fourth-order valence-electron chi connectivity index (χ4n) is 4.37. The molecule has 1 aliphatic heterocycles. The zero-order chi connectivity index (χ0) is 24.1. The summed E-state index contributed by atoms with van der Waals surface area (Å²) in [7, 11) is -3.80. The van der Waals surface area contributed by atoms with E-state index in [0.29, 0.717) is 24.3 Å². The van der Waals surface area contributed by atoms with Gasteiger partial charge in [0.15, 0.2) is 0 Å². The van der Waals surface area contributed by atoms with Crippen LogP contribution in [0.5, 0.6) is 0 Å². The zero-order valence-corrected chi connectivity index (χ0v) is 20.8. The molecule has 0 bridgehead atoms. The molecule has 3 aromatic carbocycles. The Morgan fingerprint density at radius 2 is 1.74 bits per heavy atom. The molecule has 0 saturated carbocycles. The number of nitrogens with one attached hydrogen (secondary N) is 1. The van der Waals surface area contributed by atoms with E-state index < -0.39 is 10.0 Å². The van der Waals surface area contributed by atoms with Crippen molar-refractivity contribution < 1.29 is 13.2 Å². The Kier molecular flexibility index (Phi) is 7.54. The van der Waals surface area contributed by atoms with Crippen LogP contribution in [-0.2, 0) is 10.0 Å². The molecule has 3 aromatic rings. The normalized spacial score (nSPS) is 15.3. The Bertz CT molecular complexity index is 1270. The molecule has 0 aliphatic carbocycles. The summed E-state index contributed by atoms with van der Waals surface area (Å²) in [6.07, 6.45) is 3.29. The van der Waals surface area contributed by atoms with E-state index >= 15 is 0 Å². The number of rotatable bonds is 7. The Balaban J connectivity index is 1.51. The highest BCUT2D eigenvalue weighted by molar-refractivity contribution is 7.92. The van der Waals surface area contributed by atoms with Crippen molar-refractivity contribution in [1.82, 2.24) is 9.80 Å². The van der Waals surface area contributed by atoms with Gasteiger partial charge in [0.05, 0.1) is 10.6 Å². The number of anilines is 1. The van der Waals surface area contributed by atoms with Gasteiger partial charge >= 0.3 is 0 Å². The van der Waals surface area contributed by atoms with E-state index in [0.717, 1.165) is 42.4 Å². The maximum Gasteiger partial charge on any atom is 0.261 e. The summed E-state index contributed by atoms with van der Waals surface area (Å²) < 4.78 is 29.0. The number of fused-ring (bicyclic) bond motifs is 1. The van der Waals surface area contributed by atoms with E-state index in [1.807, 2.05) is 36.1 Å². The summed E-state index contributed by atoms with van der Waals surface area (Å²) in [6.45, 7) is 8.39. The number of amides is 1. The average molecular weight is 480 g/mol. The van der Waals surface area contributed by atoms with Gasteiger partial charge in [0, 0.05) is 25.2 Å². The molecule has 0 atom stereocenters. The van der Waals surface area contributed by atoms with Crippen LogP contribution in [0.4, 0.5) is 5.69 Å². The highest BCUT2D eigenvalue weighted by Gasteiger charge is 2.22. The molecule has 1 heterocycles. The lowest BCUT2D eigenvalue weighted by molar-refractivity contribution is 0.0761. The van der Waals surface area contributed by atoms with Crippen molar-refractivity contribution in [3.05, 3.63) is 71.8 Å². The molecule has 1 amide bonds. The van der Waals surface area contributed by atoms with Gasteiger partial charge in [-0.1, -0.05) is 49.7 Å². The van der Waals surface area contributed by atoms with Crippen LogP contribution in [-0.4, -0.2) is 56.8 Å². The quantitative estimate of drug-likeness (QED) is 0.523. The first-order chi connectivity index (χ1) is 16.4. The summed E-state index contributed by atoms with van der Waals surface area (Å²) in [4.78, 5) is 17.8. The van der Waals surface area contributed by atoms with Crippen LogP contribution >= 0.6 is 0 Å². The Labute approximate surface area is 202 Å². The number of carbonyl (C=O) groups excluding carboxylic acids is 1. The highest BCUT2D eigenvalue weighted by atomic mass is 32.2. The van der Waals surface area contributed by atoms with Crippen molar-refractivity contribution in [3.63, 3.8) is 0 Å². The van der Waals surface area contributed by atoms with Crippen molar-refractivity contribution in [2.45, 2.75) is 38.0 Å². The molecule has 0 unspecified atom stereocenters. The number of unbranched alkanes of at least 4 members (excludes halogenated alkanes) is 1. The van der Waals surface area contributed by atoms with Crippen LogP contribution < -0.4 is 4.72 Å². The Hall–Kier alpha value is -2.90. The van der Waals surface area contributed by atoms with E-state index in [2.05, 4.69) is 16.5 Å². The van der Waals surface area contributed by atoms with Crippen molar-refractivity contribution in [2.24, 2.45) is 0 Å². The molecule has 1 aliphatic rings. The van der Waals surface area contributed by atoms with Gasteiger partial charge in [-0.25, -0.2) is 8.42 Å². The topological polar surface area (TPSA) is 69.7 Å². The smallest absolute Gasteiger partial charge is 0.261 e. The summed E-state index contributed by atoms with van der Waals surface area (Å²) in [5, 5.41) is 1.84. The van der Waals surface area contributed by atoms with Crippen LogP contribution in [0, 0.1) is 6.92 Å². The lowest BCUT2D eigenvalue weighted by atomic mass is 10.1. The van der Waals surface area contributed by atoms with Crippen molar-refractivity contribution >= 4 is 32.4 Å². The summed E-state index contributed by atoms with van der Waals surface area (Å²) in [5.74, 6) is -0.0523. The van der Waals surface area contributed by atoms with Gasteiger partial charge < -0.3 is 9.80 Å². The molecule has 34 heavy (non-hydrogen) atoms. The molecule has 4 rings (SSSR count). The number of nitrogens with zero attached hydrogens (tertiary/aromatic N) is 2. The molecule has 1 N–H and O–H groups in total. The van der Waals surface area contributed by atoms with Crippen LogP contribution in [0.3, 0.4) is 0 Å². The second-order valence-corrected chi connectivity index (χ2v) is 10.7. The molecule has 180 valence electrons. The summed E-state index contributed by atoms with van der Waals surface area (Å²) >= 11 is 0. The predicted molar refractivity (Wildman–Crippen MR) is 138 cm³/mol. The minimum absolute atomic E-state index is 0.0523. The van der Waals surface area contributed by atoms with Gasteiger partial charge in [0.1, 0.15) is 0 Å². The van der Waals surface area contributed by atoms with E-state index in [1.165, 1.54) is 12.8 Å². The maximum atomic E-state index is 13.2. The number of hydrogen-bond acceptors (Lipinski definition) is 4. The second kappa shape index (κ2) is 10.6. The number of benzene rings is 3. The molecule has 0 spiro atoms. The third-order valence-corrected chi connectivity index (χ3v) is 7.83. The lowest BCUT2D eigenvalue weighted by Crippen LogP contribution is -2.35. The summed E-state index contributed by atoms with van der Waals surface area (Å²) in [5.41, 5.74) is 1.70. The van der Waals surface area contributed by atoms with Gasteiger partial charge in [-0.3, -0.25) is 9.52 Å². The Morgan fingerprint density at radius 3 is 2.53 bits per heavy atom. The van der Waals surface area contributed by atoms with Crippen molar-refractivity contribution in [2.75, 3.05) is 37.4 Å². The minimum Gasteiger partial charge on any atom is -0.337 e. The SMILES string of the molecule is CCCCN1CCCN(C(=O)c2ccc(C)c(NS(=O)(=O)c3ccc4ccccc4c3)c2)CC1. The zero-order valence-electron chi connectivity index (χ0n) is 20.0. The highest BCUT2D eigenvalue weighted by Crippen LogP contribution is 2.25. The van der Waals surface area contributed by atoms with Gasteiger partial charge in [0.2, 0.25) is 0 Å². The molecular formula is C27H33N3O3S. The van der Waals surface area contributed by atoms with E-state index in [9.17, 15) is 13.2 Å². The fourth-order valence-corrected chi connectivity index (χ4v) is 5.52. The van der Waals surface area contributed by atoms with E-state index in [-0.39, 0.29) is 10.8 Å². The fraction of sp³-hybridized carbons (Fsp3) is 0.370. The largest absolute Gasteiger partial charge is 0.337 e. The number of hydrogen-bond donors (Lipinski definition) is 1. The third-order valence-electron chi connectivity index (χ3n) is 6.46. The van der Waals surface area contributed by atoms with Crippen LogP contribution in [0.1, 0.15) is 42.1 Å². The monoisotopic (exact) mass is 479 g/mol. The first-order valence-electron chi connectivity index (χ1n) is 12.0. The van der Waals surface area contributed by atoms with Gasteiger partial charge in [-0.05, 0) is 73.5 Å². The van der Waals surface area contributed by atoms with E-state index in [1.54, 1.807) is 36.4 Å². The third kappa shape index (κ3) is 5.59. The molecule has 6 nitrogen and oxygen atoms in total. The second-order valence-electron chi connectivity index (χ2n) is 8.99. The van der Waals surface area contributed by atoms with Crippen LogP contribution in [0.15, 0.2) is 65.6 Å². The first-order valence-corrected chi connectivity index (χ1v) is 13.5. The van der Waals surface area contributed by atoms with Crippen LogP contribution in [0.25, 0.3) is 10.8 Å². The number of carbonyl (C=O) groups is 1. The average Bonchev–Trinajstić information content (AvgIpc) is 3.09. The molecule has 1 fully saturated rings. The van der Waals surface area contributed by atoms with Crippen molar-refractivity contribution in [1.29, 1.82) is 0 Å². The minimum atomic E-state index is -3.80. The van der Waals surface area contributed by atoms with Gasteiger partial charge in [-0.15, -0.1) is 0 Å². The van der Waals surface area contributed by atoms with Gasteiger partial charge in [-0.2, -0.15) is 0 Å².